The summed E-state index contributed by atoms with van der Waals surface area (Å²) in [6, 6.07) is 15.4. The molecule has 1 amide bonds. The topological polar surface area (TPSA) is 41.6 Å². The van der Waals surface area contributed by atoms with Crippen LogP contribution in [0, 0.1) is 0 Å². The van der Waals surface area contributed by atoms with Gasteiger partial charge in [-0.15, -0.1) is 0 Å². The van der Waals surface area contributed by atoms with E-state index < -0.39 is 11.7 Å². The minimum Gasteiger partial charge on any atom is -0.444 e. The summed E-state index contributed by atoms with van der Waals surface area (Å²) in [6.45, 7) is 5.51. The molecule has 0 heterocycles. The van der Waals surface area contributed by atoms with E-state index in [0.29, 0.717) is 15.7 Å². The monoisotopic (exact) mass is 430 g/mol. The van der Waals surface area contributed by atoms with Gasteiger partial charge in [0.15, 0.2) is 0 Å². The van der Waals surface area contributed by atoms with Gasteiger partial charge in [0, 0.05) is 29.5 Å². The number of hydrogen-bond donors (Lipinski definition) is 1. The molecule has 0 aliphatic heterocycles. The minimum atomic E-state index is -0.571. The lowest BCUT2D eigenvalue weighted by Gasteiger charge is -2.24. The Hall–Kier alpha value is -2.43. The van der Waals surface area contributed by atoms with Gasteiger partial charge in [-0.1, -0.05) is 47.5 Å². The van der Waals surface area contributed by atoms with Crippen LogP contribution < -0.4 is 10.2 Å². The van der Waals surface area contributed by atoms with Crippen molar-refractivity contribution in [3.63, 3.8) is 0 Å². The average Bonchev–Trinajstić information content (AvgIpc) is 2.58. The number of benzene rings is 3. The number of ether oxygens (including phenoxy) is 1. The molecular formula is C23H24Cl2N2O2. The lowest BCUT2D eigenvalue weighted by atomic mass is 9.96. The second-order valence-electron chi connectivity index (χ2n) is 8.04. The number of halogens is 2. The fourth-order valence-electron chi connectivity index (χ4n) is 3.30. The van der Waals surface area contributed by atoms with E-state index in [-0.39, 0.29) is 0 Å². The van der Waals surface area contributed by atoms with E-state index in [4.69, 9.17) is 27.9 Å². The van der Waals surface area contributed by atoms with Gasteiger partial charge in [-0.2, -0.15) is 0 Å². The van der Waals surface area contributed by atoms with Gasteiger partial charge in [0.05, 0.1) is 11.4 Å². The molecule has 3 rings (SSSR count). The van der Waals surface area contributed by atoms with Crippen LogP contribution in [0.3, 0.4) is 0 Å². The largest absolute Gasteiger partial charge is 0.444 e. The Morgan fingerprint density at radius 3 is 2.21 bits per heavy atom. The summed E-state index contributed by atoms with van der Waals surface area (Å²) in [7, 11) is 3.88. The Morgan fingerprint density at radius 1 is 0.966 bits per heavy atom. The number of nitrogens with one attached hydrogen (secondary N) is 1. The molecule has 152 valence electrons. The van der Waals surface area contributed by atoms with Gasteiger partial charge in [-0.3, -0.25) is 5.32 Å². The van der Waals surface area contributed by atoms with Crippen LogP contribution >= 0.6 is 23.2 Å². The molecule has 0 spiro atoms. The molecule has 29 heavy (non-hydrogen) atoms. The van der Waals surface area contributed by atoms with E-state index in [9.17, 15) is 4.79 Å². The maximum absolute atomic E-state index is 12.3. The lowest BCUT2D eigenvalue weighted by Crippen LogP contribution is -2.27. The maximum Gasteiger partial charge on any atom is 0.412 e. The molecule has 0 saturated heterocycles. The van der Waals surface area contributed by atoms with Crippen molar-refractivity contribution in [2.45, 2.75) is 26.4 Å². The molecule has 0 bridgehead atoms. The van der Waals surface area contributed by atoms with Crippen LogP contribution in [0.4, 0.5) is 16.2 Å². The molecule has 1 N–H and O–H groups in total. The van der Waals surface area contributed by atoms with Crippen molar-refractivity contribution in [3.05, 3.63) is 58.6 Å². The molecular weight excluding hydrogens is 407 g/mol. The van der Waals surface area contributed by atoms with E-state index in [0.717, 1.165) is 27.6 Å². The molecule has 0 radical (unpaired) electrons. The minimum absolute atomic E-state index is 0.488. The van der Waals surface area contributed by atoms with Gasteiger partial charge in [0.2, 0.25) is 0 Å². The lowest BCUT2D eigenvalue weighted by molar-refractivity contribution is 0.0636. The molecule has 0 unspecified atom stereocenters. The first kappa shape index (κ1) is 21.3. The van der Waals surface area contributed by atoms with Crippen LogP contribution in [-0.4, -0.2) is 25.8 Å². The fraction of sp³-hybridized carbons (Fsp3) is 0.261. The summed E-state index contributed by atoms with van der Waals surface area (Å²) in [4.78, 5) is 14.3. The highest BCUT2D eigenvalue weighted by atomic mass is 35.5. The van der Waals surface area contributed by atoms with Crippen LogP contribution in [0.1, 0.15) is 20.8 Å². The first-order valence-corrected chi connectivity index (χ1v) is 10.0. The second kappa shape index (κ2) is 8.13. The number of rotatable bonds is 3. The smallest absolute Gasteiger partial charge is 0.412 e. The highest BCUT2D eigenvalue weighted by Gasteiger charge is 2.19. The Kier molecular flexibility index (Phi) is 5.97. The zero-order valence-electron chi connectivity index (χ0n) is 17.1. The molecule has 0 atom stereocenters. The number of fused-ring (bicyclic) bond motifs is 1. The van der Waals surface area contributed by atoms with E-state index in [1.807, 2.05) is 82.2 Å². The average molecular weight is 431 g/mol. The number of nitrogens with zero attached hydrogens (tertiary/aromatic N) is 1. The van der Waals surface area contributed by atoms with Gasteiger partial charge in [0.25, 0.3) is 0 Å². The van der Waals surface area contributed by atoms with Crippen molar-refractivity contribution >= 4 is 51.4 Å². The van der Waals surface area contributed by atoms with Gasteiger partial charge in [-0.05, 0) is 61.5 Å². The predicted molar refractivity (Wildman–Crippen MR) is 124 cm³/mol. The Labute approximate surface area is 181 Å². The third-order valence-corrected chi connectivity index (χ3v) is 4.73. The summed E-state index contributed by atoms with van der Waals surface area (Å²) in [6.07, 6.45) is -0.488. The zero-order chi connectivity index (χ0) is 21.3. The van der Waals surface area contributed by atoms with Crippen molar-refractivity contribution < 1.29 is 9.53 Å². The molecule has 0 aliphatic rings. The SMILES string of the molecule is CN(C)c1c(NC(=O)OC(C)(C)C)ccc2c(-c3cc(Cl)cc(Cl)c3)cccc12. The number of carbonyl (C=O) groups excluding carboxylic acids is 1. The molecule has 3 aromatic rings. The molecule has 0 aromatic heterocycles. The highest BCUT2D eigenvalue weighted by Crippen LogP contribution is 2.39. The highest BCUT2D eigenvalue weighted by molar-refractivity contribution is 6.35. The molecule has 0 saturated carbocycles. The predicted octanol–water partition coefficient (Wildman–Crippen LogP) is 7.23. The zero-order valence-corrected chi connectivity index (χ0v) is 18.7. The molecule has 6 heteroatoms. The summed E-state index contributed by atoms with van der Waals surface area (Å²) < 4.78 is 5.41. The first-order valence-electron chi connectivity index (χ1n) is 9.25. The Morgan fingerprint density at radius 2 is 1.62 bits per heavy atom. The number of carbonyl (C=O) groups is 1. The molecule has 0 fully saturated rings. The van der Waals surface area contributed by atoms with E-state index in [1.54, 1.807) is 6.07 Å². The standard InChI is InChI=1S/C23H24Cl2N2O2/c1-23(2,3)29-22(28)26-20-10-9-18-17(14-11-15(24)13-16(25)12-14)7-6-8-19(18)21(20)27(4)5/h6-13H,1-5H3,(H,26,28). The van der Waals surface area contributed by atoms with Crippen molar-refractivity contribution in [1.82, 2.24) is 0 Å². The maximum atomic E-state index is 12.3. The van der Waals surface area contributed by atoms with Gasteiger partial charge in [-0.25, -0.2) is 4.79 Å². The van der Waals surface area contributed by atoms with Crippen LogP contribution in [0.2, 0.25) is 10.0 Å². The normalized spacial score (nSPS) is 11.4. The van der Waals surface area contributed by atoms with Gasteiger partial charge >= 0.3 is 6.09 Å². The van der Waals surface area contributed by atoms with Gasteiger partial charge in [0.1, 0.15) is 5.60 Å². The van der Waals surface area contributed by atoms with E-state index in [2.05, 4.69) is 5.32 Å². The quantitative estimate of drug-likeness (QED) is 0.476. The third-order valence-electron chi connectivity index (χ3n) is 4.29. The second-order valence-corrected chi connectivity index (χ2v) is 8.91. The van der Waals surface area contributed by atoms with Crippen molar-refractivity contribution in [3.8, 4) is 11.1 Å². The Balaban J connectivity index is 2.14. The summed E-state index contributed by atoms with van der Waals surface area (Å²) in [5, 5.41) is 6.07. The number of hydrogen-bond acceptors (Lipinski definition) is 3. The summed E-state index contributed by atoms with van der Waals surface area (Å²) in [5.41, 5.74) is 2.95. The van der Waals surface area contributed by atoms with Crippen molar-refractivity contribution in [2.75, 3.05) is 24.3 Å². The molecule has 3 aromatic carbocycles. The third kappa shape index (κ3) is 4.95. The van der Waals surface area contributed by atoms with Crippen LogP contribution in [0.5, 0.6) is 0 Å². The Bertz CT molecular complexity index is 1050. The van der Waals surface area contributed by atoms with Crippen molar-refractivity contribution in [2.24, 2.45) is 0 Å². The van der Waals surface area contributed by atoms with E-state index >= 15 is 0 Å². The summed E-state index contributed by atoms with van der Waals surface area (Å²) >= 11 is 12.4. The number of amides is 1. The van der Waals surface area contributed by atoms with Gasteiger partial charge < -0.3 is 9.64 Å². The number of anilines is 2. The molecule has 0 aliphatic carbocycles. The molecule has 4 nitrogen and oxygen atoms in total. The first-order chi connectivity index (χ1) is 13.5. The van der Waals surface area contributed by atoms with Crippen LogP contribution in [-0.2, 0) is 4.74 Å². The summed E-state index contributed by atoms with van der Waals surface area (Å²) in [5.74, 6) is 0. The van der Waals surface area contributed by atoms with E-state index in [1.165, 1.54) is 0 Å². The fourth-order valence-corrected chi connectivity index (χ4v) is 3.83. The van der Waals surface area contributed by atoms with Crippen LogP contribution in [0.15, 0.2) is 48.5 Å². The van der Waals surface area contributed by atoms with Crippen LogP contribution in [0.25, 0.3) is 21.9 Å². The van der Waals surface area contributed by atoms with Crippen molar-refractivity contribution in [1.29, 1.82) is 0 Å².